The van der Waals surface area contributed by atoms with Crippen molar-refractivity contribution < 1.29 is 9.90 Å². The van der Waals surface area contributed by atoms with E-state index in [1.807, 2.05) is 6.92 Å². The molecular formula is C7H12O2. The zero-order valence-electron chi connectivity index (χ0n) is 5.63. The van der Waals surface area contributed by atoms with Gasteiger partial charge in [0.1, 0.15) is 5.78 Å². The first-order valence-electron chi connectivity index (χ1n) is 3.39. The largest absolute Gasteiger partial charge is 0.396 e. The van der Waals surface area contributed by atoms with E-state index in [1.165, 1.54) is 0 Å². The lowest BCUT2D eigenvalue weighted by Gasteiger charge is -2.07. The lowest BCUT2D eigenvalue weighted by atomic mass is 9.99. The van der Waals surface area contributed by atoms with Crippen LogP contribution in [0.5, 0.6) is 0 Å². The molecule has 0 radical (unpaired) electrons. The molecule has 0 aromatic heterocycles. The molecule has 9 heavy (non-hydrogen) atoms. The number of carbonyl (C=O) groups excluding carboxylic acids is 1. The van der Waals surface area contributed by atoms with Crippen LogP contribution in [-0.4, -0.2) is 17.5 Å². The summed E-state index contributed by atoms with van der Waals surface area (Å²) in [5, 5.41) is 8.69. The molecular weight excluding hydrogens is 116 g/mol. The van der Waals surface area contributed by atoms with Crippen LogP contribution in [0.25, 0.3) is 0 Å². The Bertz CT molecular complexity index is 120. The molecule has 0 aromatic carbocycles. The molecule has 2 nitrogen and oxygen atoms in total. The summed E-state index contributed by atoms with van der Waals surface area (Å²) in [6.45, 7) is 2.06. The molecule has 0 unspecified atom stereocenters. The minimum absolute atomic E-state index is 0.0417. The fraction of sp³-hybridized carbons (Fsp3) is 0.857. The Morgan fingerprint density at radius 3 is 2.67 bits per heavy atom. The third-order valence-corrected chi connectivity index (χ3v) is 2.14. The van der Waals surface area contributed by atoms with Crippen LogP contribution in [0.1, 0.15) is 19.8 Å². The topological polar surface area (TPSA) is 37.3 Å². The van der Waals surface area contributed by atoms with Gasteiger partial charge in [0.05, 0.1) is 6.61 Å². The van der Waals surface area contributed by atoms with Gasteiger partial charge >= 0.3 is 0 Å². The average Bonchev–Trinajstić information content (AvgIpc) is 2.12. The van der Waals surface area contributed by atoms with Crippen molar-refractivity contribution >= 4 is 5.78 Å². The van der Waals surface area contributed by atoms with Crippen LogP contribution in [0, 0.1) is 11.8 Å². The molecule has 0 spiro atoms. The van der Waals surface area contributed by atoms with Gasteiger partial charge in [-0.25, -0.2) is 0 Å². The minimum Gasteiger partial charge on any atom is -0.396 e. The molecule has 0 aromatic rings. The monoisotopic (exact) mass is 128 g/mol. The SMILES string of the molecule is C[C@H]1CCC(=O)[C@H]1CO. The highest BCUT2D eigenvalue weighted by molar-refractivity contribution is 5.83. The highest BCUT2D eigenvalue weighted by atomic mass is 16.3. The number of ketones is 1. The summed E-state index contributed by atoms with van der Waals surface area (Å²) >= 11 is 0. The molecule has 1 aliphatic rings. The summed E-state index contributed by atoms with van der Waals surface area (Å²) < 4.78 is 0. The van der Waals surface area contributed by atoms with Crippen molar-refractivity contribution in [1.29, 1.82) is 0 Å². The Hall–Kier alpha value is -0.370. The summed E-state index contributed by atoms with van der Waals surface area (Å²) in [5.41, 5.74) is 0. The summed E-state index contributed by atoms with van der Waals surface area (Å²) in [5.74, 6) is 0.595. The fourth-order valence-corrected chi connectivity index (χ4v) is 1.36. The van der Waals surface area contributed by atoms with Crippen molar-refractivity contribution in [1.82, 2.24) is 0 Å². The zero-order valence-corrected chi connectivity index (χ0v) is 5.63. The van der Waals surface area contributed by atoms with E-state index in [2.05, 4.69) is 0 Å². The van der Waals surface area contributed by atoms with Crippen molar-refractivity contribution in [2.75, 3.05) is 6.61 Å². The van der Waals surface area contributed by atoms with Crippen LogP contribution in [-0.2, 0) is 4.79 Å². The third-order valence-electron chi connectivity index (χ3n) is 2.14. The molecule has 1 rings (SSSR count). The van der Waals surface area contributed by atoms with E-state index in [4.69, 9.17) is 5.11 Å². The second-order valence-electron chi connectivity index (χ2n) is 2.77. The van der Waals surface area contributed by atoms with E-state index in [0.29, 0.717) is 12.3 Å². The Morgan fingerprint density at radius 1 is 1.78 bits per heavy atom. The Kier molecular flexibility index (Phi) is 1.86. The van der Waals surface area contributed by atoms with Gasteiger partial charge < -0.3 is 5.11 Å². The number of aliphatic hydroxyl groups is 1. The van der Waals surface area contributed by atoms with E-state index < -0.39 is 0 Å². The molecule has 0 aliphatic heterocycles. The van der Waals surface area contributed by atoms with Crippen LogP contribution in [0.2, 0.25) is 0 Å². The normalized spacial score (nSPS) is 35.6. The van der Waals surface area contributed by atoms with Gasteiger partial charge in [0.2, 0.25) is 0 Å². The van der Waals surface area contributed by atoms with Crippen LogP contribution in [0.15, 0.2) is 0 Å². The van der Waals surface area contributed by atoms with Gasteiger partial charge in [0, 0.05) is 12.3 Å². The first-order chi connectivity index (χ1) is 4.25. The maximum atomic E-state index is 10.9. The lowest BCUT2D eigenvalue weighted by Crippen LogP contribution is -2.16. The predicted molar refractivity (Wildman–Crippen MR) is 34.0 cm³/mol. The van der Waals surface area contributed by atoms with Crippen LogP contribution in [0.4, 0.5) is 0 Å². The maximum Gasteiger partial charge on any atom is 0.138 e. The van der Waals surface area contributed by atoms with E-state index >= 15 is 0 Å². The van der Waals surface area contributed by atoms with Gasteiger partial charge in [-0.3, -0.25) is 4.79 Å². The summed E-state index contributed by atoms with van der Waals surface area (Å²) in [6, 6.07) is 0. The minimum atomic E-state index is -0.0509. The van der Waals surface area contributed by atoms with Crippen molar-refractivity contribution in [3.8, 4) is 0 Å². The van der Waals surface area contributed by atoms with E-state index in [9.17, 15) is 4.79 Å². The summed E-state index contributed by atoms with van der Waals surface area (Å²) in [7, 11) is 0. The first-order valence-corrected chi connectivity index (χ1v) is 3.39. The van der Waals surface area contributed by atoms with Crippen LogP contribution < -0.4 is 0 Å². The van der Waals surface area contributed by atoms with E-state index in [1.54, 1.807) is 0 Å². The van der Waals surface area contributed by atoms with E-state index in [0.717, 1.165) is 6.42 Å². The predicted octanol–water partition coefficient (Wildman–Crippen LogP) is 0.594. The molecule has 0 saturated heterocycles. The number of hydrogen-bond donors (Lipinski definition) is 1. The molecule has 1 N–H and O–H groups in total. The Morgan fingerprint density at radius 2 is 2.44 bits per heavy atom. The third kappa shape index (κ3) is 1.13. The fourth-order valence-electron chi connectivity index (χ4n) is 1.36. The van der Waals surface area contributed by atoms with Gasteiger partial charge in [-0.05, 0) is 12.3 Å². The average molecular weight is 128 g/mol. The molecule has 0 heterocycles. The van der Waals surface area contributed by atoms with Crippen LogP contribution in [0.3, 0.4) is 0 Å². The first kappa shape index (κ1) is 6.75. The van der Waals surface area contributed by atoms with Crippen molar-refractivity contribution in [2.24, 2.45) is 11.8 Å². The highest BCUT2D eigenvalue weighted by Gasteiger charge is 2.30. The molecule has 1 aliphatic carbocycles. The van der Waals surface area contributed by atoms with Gasteiger partial charge in [-0.15, -0.1) is 0 Å². The van der Waals surface area contributed by atoms with Gasteiger partial charge in [0.15, 0.2) is 0 Å². The van der Waals surface area contributed by atoms with Gasteiger partial charge in [0.25, 0.3) is 0 Å². The number of aliphatic hydroxyl groups excluding tert-OH is 1. The second kappa shape index (κ2) is 2.48. The molecule has 1 saturated carbocycles. The molecule has 2 atom stereocenters. The van der Waals surface area contributed by atoms with Gasteiger partial charge in [-0.1, -0.05) is 6.92 Å². The van der Waals surface area contributed by atoms with Gasteiger partial charge in [-0.2, -0.15) is 0 Å². The van der Waals surface area contributed by atoms with Crippen molar-refractivity contribution in [3.05, 3.63) is 0 Å². The number of hydrogen-bond acceptors (Lipinski definition) is 2. The van der Waals surface area contributed by atoms with Crippen molar-refractivity contribution in [2.45, 2.75) is 19.8 Å². The second-order valence-corrected chi connectivity index (χ2v) is 2.77. The van der Waals surface area contributed by atoms with Crippen LogP contribution >= 0.6 is 0 Å². The highest BCUT2D eigenvalue weighted by Crippen LogP contribution is 2.27. The maximum absolute atomic E-state index is 10.9. The number of carbonyl (C=O) groups is 1. The standard InChI is InChI=1S/C7H12O2/c1-5-2-3-7(9)6(5)4-8/h5-6,8H,2-4H2,1H3/t5-,6-/m0/s1. The summed E-state index contributed by atoms with van der Waals surface area (Å²) in [4.78, 5) is 10.9. The molecule has 1 fully saturated rings. The number of rotatable bonds is 1. The van der Waals surface area contributed by atoms with E-state index in [-0.39, 0.29) is 18.3 Å². The number of Topliss-reactive ketones (excluding diaryl/α,β-unsaturated/α-hetero) is 1. The zero-order chi connectivity index (χ0) is 6.85. The Balaban J connectivity index is 2.55. The molecule has 0 bridgehead atoms. The lowest BCUT2D eigenvalue weighted by molar-refractivity contribution is -0.122. The molecule has 0 amide bonds. The Labute approximate surface area is 54.9 Å². The smallest absolute Gasteiger partial charge is 0.138 e. The quantitative estimate of drug-likeness (QED) is 0.561. The molecule has 52 valence electrons. The van der Waals surface area contributed by atoms with Crippen molar-refractivity contribution in [3.63, 3.8) is 0 Å². The summed E-state index contributed by atoms with van der Waals surface area (Å²) in [6.07, 6.45) is 1.64. The molecule has 2 heteroatoms.